The molecule has 0 aromatic heterocycles. The molecule has 0 heterocycles. The van der Waals surface area contributed by atoms with Crippen LogP contribution in [0.5, 0.6) is 0 Å². The first-order valence-electron chi connectivity index (χ1n) is 8.32. The highest BCUT2D eigenvalue weighted by molar-refractivity contribution is 5.36. The maximum absolute atomic E-state index is 13.1. The van der Waals surface area contributed by atoms with E-state index < -0.39 is 17.8 Å². The number of aliphatic hydroxyl groups is 1. The van der Waals surface area contributed by atoms with Gasteiger partial charge in [0.2, 0.25) is 0 Å². The Morgan fingerprint density at radius 3 is 2.35 bits per heavy atom. The largest absolute Gasteiger partial charge is 0.416 e. The summed E-state index contributed by atoms with van der Waals surface area (Å²) in [6.07, 6.45) is -1.66. The van der Waals surface area contributed by atoms with Crippen LogP contribution in [0.25, 0.3) is 0 Å². The highest BCUT2D eigenvalue weighted by Gasteiger charge is 2.49. The summed E-state index contributed by atoms with van der Waals surface area (Å²) < 4.78 is 39.2. The highest BCUT2D eigenvalue weighted by atomic mass is 19.4. The van der Waals surface area contributed by atoms with Crippen molar-refractivity contribution in [3.05, 3.63) is 35.4 Å². The van der Waals surface area contributed by atoms with E-state index in [0.717, 1.165) is 31.9 Å². The summed E-state index contributed by atoms with van der Waals surface area (Å²) in [5.41, 5.74) is -0.289. The molecule has 2 nitrogen and oxygen atoms in total. The zero-order chi connectivity index (χ0) is 17.3. The fraction of sp³-hybridized carbons (Fsp3) is 0.667. The van der Waals surface area contributed by atoms with E-state index in [2.05, 4.69) is 4.90 Å². The minimum atomic E-state index is -4.34. The van der Waals surface area contributed by atoms with Gasteiger partial charge in [0.15, 0.2) is 0 Å². The molecule has 130 valence electrons. The molecule has 23 heavy (non-hydrogen) atoms. The monoisotopic (exact) mass is 329 g/mol. The van der Waals surface area contributed by atoms with Gasteiger partial charge in [0.1, 0.15) is 0 Å². The molecule has 0 aliphatic heterocycles. The number of hydrogen-bond acceptors (Lipinski definition) is 2. The molecule has 5 heteroatoms. The van der Waals surface area contributed by atoms with E-state index in [1.165, 1.54) is 12.1 Å². The molecule has 1 fully saturated rings. The summed E-state index contributed by atoms with van der Waals surface area (Å²) in [5.74, 6) is 0. The van der Waals surface area contributed by atoms with Gasteiger partial charge >= 0.3 is 6.18 Å². The molecular formula is C18H26F3NO. The van der Waals surface area contributed by atoms with Crippen molar-refractivity contribution in [3.8, 4) is 0 Å². The molecule has 1 aliphatic rings. The van der Waals surface area contributed by atoms with Crippen LogP contribution in [0.15, 0.2) is 24.3 Å². The number of benzene rings is 1. The number of likely N-dealkylation sites (N-methyl/N-ethyl adjacent to an activating group) is 1. The van der Waals surface area contributed by atoms with E-state index in [9.17, 15) is 18.3 Å². The third kappa shape index (κ3) is 3.41. The average Bonchev–Trinajstić information content (AvgIpc) is 2.48. The van der Waals surface area contributed by atoms with Gasteiger partial charge in [-0.2, -0.15) is 13.2 Å². The predicted octanol–water partition coefficient (Wildman–Crippen LogP) is 4.22. The minimum absolute atomic E-state index is 0.158. The molecule has 1 saturated carbocycles. The topological polar surface area (TPSA) is 23.5 Å². The van der Waals surface area contributed by atoms with Crippen LogP contribution >= 0.6 is 0 Å². The van der Waals surface area contributed by atoms with Gasteiger partial charge in [-0.15, -0.1) is 0 Å². The van der Waals surface area contributed by atoms with E-state index >= 15 is 0 Å². The van der Waals surface area contributed by atoms with Crippen molar-refractivity contribution in [2.75, 3.05) is 13.6 Å². The molecule has 2 atom stereocenters. The summed E-state index contributed by atoms with van der Waals surface area (Å²) in [6.45, 7) is 4.68. The minimum Gasteiger partial charge on any atom is -0.391 e. The van der Waals surface area contributed by atoms with Crippen molar-refractivity contribution in [2.45, 2.75) is 63.3 Å². The molecular weight excluding hydrogens is 303 g/mol. The first kappa shape index (κ1) is 18.3. The number of nitrogens with zero attached hydrogens (tertiary/aromatic N) is 1. The number of aliphatic hydroxyl groups excluding tert-OH is 1. The molecule has 1 aromatic carbocycles. The summed E-state index contributed by atoms with van der Waals surface area (Å²) in [6, 6.07) is 5.50. The number of halogens is 3. The van der Waals surface area contributed by atoms with Gasteiger partial charge in [0.25, 0.3) is 0 Å². The summed E-state index contributed by atoms with van der Waals surface area (Å²) in [4.78, 5) is 2.08. The van der Waals surface area contributed by atoms with Crippen LogP contribution in [0.3, 0.4) is 0 Å². The van der Waals surface area contributed by atoms with E-state index in [1.807, 2.05) is 20.9 Å². The first-order valence-corrected chi connectivity index (χ1v) is 8.32. The van der Waals surface area contributed by atoms with Gasteiger partial charge in [-0.25, -0.2) is 0 Å². The average molecular weight is 329 g/mol. The van der Waals surface area contributed by atoms with Crippen LogP contribution in [0.2, 0.25) is 0 Å². The number of alkyl halides is 3. The van der Waals surface area contributed by atoms with Crippen LogP contribution in [0.4, 0.5) is 13.2 Å². The SMILES string of the molecule is CCC(O)C(N(C)CC)C1(c2cccc(C(F)(F)F)c2)CCC1. The van der Waals surface area contributed by atoms with E-state index in [4.69, 9.17) is 0 Å². The predicted molar refractivity (Wildman–Crippen MR) is 85.4 cm³/mol. The van der Waals surface area contributed by atoms with Crippen LogP contribution in [-0.4, -0.2) is 35.7 Å². The van der Waals surface area contributed by atoms with Gasteiger partial charge in [-0.1, -0.05) is 38.5 Å². The molecule has 1 aromatic rings. The number of hydrogen-bond donors (Lipinski definition) is 1. The standard InChI is InChI=1S/C18H26F3NO/c1-4-15(23)16(22(3)5-2)17(10-7-11-17)13-8-6-9-14(12-13)18(19,20)21/h6,8-9,12,15-16,23H,4-5,7,10-11H2,1-3H3. The van der Waals surface area contributed by atoms with Crippen LogP contribution in [-0.2, 0) is 11.6 Å². The Morgan fingerprint density at radius 2 is 1.91 bits per heavy atom. The quantitative estimate of drug-likeness (QED) is 0.845. The molecule has 2 unspecified atom stereocenters. The van der Waals surface area contributed by atoms with Crippen LogP contribution < -0.4 is 0 Å². The summed E-state index contributed by atoms with van der Waals surface area (Å²) >= 11 is 0. The lowest BCUT2D eigenvalue weighted by molar-refractivity contribution is -0.137. The Bertz CT molecular complexity index is 515. The highest BCUT2D eigenvalue weighted by Crippen LogP contribution is 2.50. The fourth-order valence-electron chi connectivity index (χ4n) is 3.82. The van der Waals surface area contributed by atoms with Crippen LogP contribution in [0.1, 0.15) is 50.7 Å². The maximum Gasteiger partial charge on any atom is 0.416 e. The Labute approximate surface area is 136 Å². The normalized spacial score (nSPS) is 20.2. The Hall–Kier alpha value is -1.07. The Kier molecular flexibility index (Phi) is 5.41. The smallest absolute Gasteiger partial charge is 0.391 e. The van der Waals surface area contributed by atoms with Gasteiger partial charge in [0.05, 0.1) is 11.7 Å². The summed E-state index contributed by atoms with van der Waals surface area (Å²) in [5, 5.41) is 10.5. The fourth-order valence-corrected chi connectivity index (χ4v) is 3.82. The third-order valence-electron chi connectivity index (χ3n) is 5.33. The van der Waals surface area contributed by atoms with Crippen LogP contribution in [0, 0.1) is 0 Å². The number of rotatable bonds is 6. The van der Waals surface area contributed by atoms with E-state index in [1.54, 1.807) is 6.07 Å². The van der Waals surface area contributed by atoms with Crippen molar-refractivity contribution in [1.82, 2.24) is 4.90 Å². The van der Waals surface area contributed by atoms with Crippen molar-refractivity contribution in [2.24, 2.45) is 0 Å². The van der Waals surface area contributed by atoms with E-state index in [-0.39, 0.29) is 11.5 Å². The van der Waals surface area contributed by atoms with Crippen molar-refractivity contribution in [3.63, 3.8) is 0 Å². The Morgan fingerprint density at radius 1 is 1.26 bits per heavy atom. The van der Waals surface area contributed by atoms with Gasteiger partial charge in [0, 0.05) is 11.5 Å². The van der Waals surface area contributed by atoms with Gasteiger partial charge in [-0.3, -0.25) is 0 Å². The molecule has 2 rings (SSSR count). The molecule has 0 bridgehead atoms. The second-order valence-electron chi connectivity index (χ2n) is 6.58. The molecule has 0 radical (unpaired) electrons. The first-order chi connectivity index (χ1) is 10.8. The zero-order valence-electron chi connectivity index (χ0n) is 14.0. The van der Waals surface area contributed by atoms with Gasteiger partial charge < -0.3 is 10.0 Å². The van der Waals surface area contributed by atoms with Crippen molar-refractivity contribution in [1.29, 1.82) is 0 Å². The van der Waals surface area contributed by atoms with Gasteiger partial charge in [-0.05, 0) is 44.5 Å². The second kappa shape index (κ2) is 6.81. The van der Waals surface area contributed by atoms with E-state index in [0.29, 0.717) is 12.0 Å². The molecule has 0 spiro atoms. The third-order valence-corrected chi connectivity index (χ3v) is 5.33. The Balaban J connectivity index is 2.47. The molecule has 0 amide bonds. The maximum atomic E-state index is 13.1. The second-order valence-corrected chi connectivity index (χ2v) is 6.58. The zero-order valence-corrected chi connectivity index (χ0v) is 14.0. The lowest BCUT2D eigenvalue weighted by Crippen LogP contribution is -2.58. The lowest BCUT2D eigenvalue weighted by Gasteiger charge is -2.53. The van der Waals surface area contributed by atoms with Crippen molar-refractivity contribution < 1.29 is 18.3 Å². The van der Waals surface area contributed by atoms with Crippen molar-refractivity contribution >= 4 is 0 Å². The molecule has 1 aliphatic carbocycles. The lowest BCUT2D eigenvalue weighted by atomic mass is 9.58. The molecule has 0 saturated heterocycles. The summed E-state index contributed by atoms with van der Waals surface area (Å²) in [7, 11) is 1.94. The molecule has 1 N–H and O–H groups in total.